The van der Waals surface area contributed by atoms with Gasteiger partial charge >= 0.3 is 0 Å². The predicted octanol–water partition coefficient (Wildman–Crippen LogP) is 2.91. The molecule has 1 fully saturated rings. The van der Waals surface area contributed by atoms with E-state index in [1.54, 1.807) is 6.08 Å². The third kappa shape index (κ3) is 3.17. The zero-order valence-electron chi connectivity index (χ0n) is 11.2. The van der Waals surface area contributed by atoms with Crippen LogP contribution < -0.4 is 10.1 Å². The van der Waals surface area contributed by atoms with Crippen LogP contribution in [-0.2, 0) is 9.59 Å². The number of ether oxygens (including phenoxy) is 1. The van der Waals surface area contributed by atoms with Gasteiger partial charge in [0.05, 0.1) is 6.42 Å². The molecule has 1 aliphatic heterocycles. The van der Waals surface area contributed by atoms with Crippen LogP contribution >= 0.6 is 0 Å². The molecule has 104 valence electrons. The molecule has 0 atom stereocenters. The first-order chi connectivity index (χ1) is 10.2. The van der Waals surface area contributed by atoms with Crippen molar-refractivity contribution in [2.75, 3.05) is 0 Å². The number of para-hydroxylation sites is 1. The molecule has 2 aromatic rings. The first kappa shape index (κ1) is 13.1. The summed E-state index contributed by atoms with van der Waals surface area (Å²) in [6, 6.07) is 16.8. The SMILES string of the molecule is O=C1CC(=Cc2cccc(Oc3ccccc3)c2)C(=O)N1. The number of benzene rings is 2. The van der Waals surface area contributed by atoms with Crippen molar-refractivity contribution in [3.63, 3.8) is 0 Å². The molecule has 0 unspecified atom stereocenters. The summed E-state index contributed by atoms with van der Waals surface area (Å²) in [6.45, 7) is 0. The van der Waals surface area contributed by atoms with Gasteiger partial charge in [0.15, 0.2) is 0 Å². The molecule has 2 amide bonds. The molecule has 3 rings (SSSR count). The van der Waals surface area contributed by atoms with Gasteiger partial charge in [-0.2, -0.15) is 0 Å². The summed E-state index contributed by atoms with van der Waals surface area (Å²) < 4.78 is 5.73. The fraction of sp³-hybridized carbons (Fsp3) is 0.0588. The van der Waals surface area contributed by atoms with Crippen molar-refractivity contribution in [3.05, 3.63) is 65.7 Å². The molecule has 2 aromatic carbocycles. The van der Waals surface area contributed by atoms with E-state index in [4.69, 9.17) is 4.74 Å². The minimum Gasteiger partial charge on any atom is -0.457 e. The highest BCUT2D eigenvalue weighted by atomic mass is 16.5. The molecule has 1 heterocycles. The molecule has 1 saturated heterocycles. The Kier molecular flexibility index (Phi) is 3.51. The zero-order chi connectivity index (χ0) is 14.7. The van der Waals surface area contributed by atoms with E-state index in [1.165, 1.54) is 0 Å². The second kappa shape index (κ2) is 5.63. The Hall–Kier alpha value is -2.88. The Bertz CT molecular complexity index is 720. The van der Waals surface area contributed by atoms with Crippen LogP contribution in [0.15, 0.2) is 60.2 Å². The lowest BCUT2D eigenvalue weighted by Gasteiger charge is -2.06. The molecular formula is C17H13NO3. The topological polar surface area (TPSA) is 55.4 Å². The van der Waals surface area contributed by atoms with Crippen LogP contribution in [0.5, 0.6) is 11.5 Å². The Morgan fingerprint density at radius 1 is 0.952 bits per heavy atom. The van der Waals surface area contributed by atoms with Crippen molar-refractivity contribution in [2.24, 2.45) is 0 Å². The van der Waals surface area contributed by atoms with Crippen molar-refractivity contribution in [2.45, 2.75) is 6.42 Å². The number of nitrogens with one attached hydrogen (secondary N) is 1. The van der Waals surface area contributed by atoms with E-state index in [1.807, 2.05) is 54.6 Å². The number of hydrogen-bond acceptors (Lipinski definition) is 3. The standard InChI is InChI=1S/C17H13NO3/c19-16-11-13(17(20)18-16)9-12-5-4-8-15(10-12)21-14-6-2-1-3-7-14/h1-10H,11H2,(H,18,19,20). The van der Waals surface area contributed by atoms with Gasteiger partial charge in [-0.05, 0) is 35.9 Å². The molecule has 0 aromatic heterocycles. The van der Waals surface area contributed by atoms with Gasteiger partial charge in [-0.15, -0.1) is 0 Å². The first-order valence-corrected chi connectivity index (χ1v) is 6.58. The number of rotatable bonds is 3. The lowest BCUT2D eigenvalue weighted by molar-refractivity contribution is -0.124. The molecule has 0 saturated carbocycles. The number of imide groups is 1. The lowest BCUT2D eigenvalue weighted by atomic mass is 10.1. The van der Waals surface area contributed by atoms with Crippen LogP contribution in [0.4, 0.5) is 0 Å². The summed E-state index contributed by atoms with van der Waals surface area (Å²) in [5.74, 6) is 0.841. The molecule has 21 heavy (non-hydrogen) atoms. The maximum Gasteiger partial charge on any atom is 0.254 e. The quantitative estimate of drug-likeness (QED) is 0.694. The number of carbonyl (C=O) groups excluding carboxylic acids is 2. The van der Waals surface area contributed by atoms with Crippen LogP contribution in [0.25, 0.3) is 6.08 Å². The van der Waals surface area contributed by atoms with Gasteiger partial charge in [-0.1, -0.05) is 30.3 Å². The predicted molar refractivity (Wildman–Crippen MR) is 78.7 cm³/mol. The van der Waals surface area contributed by atoms with Crippen molar-refractivity contribution >= 4 is 17.9 Å². The third-order valence-electron chi connectivity index (χ3n) is 3.07. The van der Waals surface area contributed by atoms with Gasteiger partial charge in [-0.3, -0.25) is 14.9 Å². The van der Waals surface area contributed by atoms with Gasteiger partial charge in [0, 0.05) is 5.57 Å². The molecule has 0 radical (unpaired) electrons. The van der Waals surface area contributed by atoms with Gasteiger partial charge < -0.3 is 4.74 Å². The van der Waals surface area contributed by atoms with E-state index >= 15 is 0 Å². The van der Waals surface area contributed by atoms with E-state index in [0.717, 1.165) is 11.3 Å². The summed E-state index contributed by atoms with van der Waals surface area (Å²) in [5, 5.41) is 2.26. The molecule has 1 aliphatic rings. The van der Waals surface area contributed by atoms with E-state index in [2.05, 4.69) is 5.32 Å². The van der Waals surface area contributed by atoms with Crippen LogP contribution in [0.1, 0.15) is 12.0 Å². The van der Waals surface area contributed by atoms with Crippen molar-refractivity contribution in [1.82, 2.24) is 5.32 Å². The highest BCUT2D eigenvalue weighted by Gasteiger charge is 2.23. The van der Waals surface area contributed by atoms with Crippen LogP contribution in [0, 0.1) is 0 Å². The van der Waals surface area contributed by atoms with Crippen molar-refractivity contribution in [1.29, 1.82) is 0 Å². The fourth-order valence-corrected chi connectivity index (χ4v) is 2.11. The van der Waals surface area contributed by atoms with E-state index in [0.29, 0.717) is 11.3 Å². The van der Waals surface area contributed by atoms with E-state index in [9.17, 15) is 9.59 Å². The highest BCUT2D eigenvalue weighted by Crippen LogP contribution is 2.23. The van der Waals surface area contributed by atoms with Crippen LogP contribution in [0.2, 0.25) is 0 Å². The van der Waals surface area contributed by atoms with E-state index < -0.39 is 0 Å². The molecule has 1 N–H and O–H groups in total. The van der Waals surface area contributed by atoms with Gasteiger partial charge in [0.1, 0.15) is 11.5 Å². The molecule has 0 bridgehead atoms. The number of carbonyl (C=O) groups is 2. The lowest BCUT2D eigenvalue weighted by Crippen LogP contribution is -2.19. The van der Waals surface area contributed by atoms with Gasteiger partial charge in [0.25, 0.3) is 5.91 Å². The van der Waals surface area contributed by atoms with Crippen LogP contribution in [0.3, 0.4) is 0 Å². The van der Waals surface area contributed by atoms with Gasteiger partial charge in [-0.25, -0.2) is 0 Å². The minimum absolute atomic E-state index is 0.128. The Balaban J connectivity index is 1.82. The summed E-state index contributed by atoms with van der Waals surface area (Å²) in [4.78, 5) is 22.7. The molecule has 4 nitrogen and oxygen atoms in total. The van der Waals surface area contributed by atoms with E-state index in [-0.39, 0.29) is 18.2 Å². The van der Waals surface area contributed by atoms with Crippen molar-refractivity contribution < 1.29 is 14.3 Å². The summed E-state index contributed by atoms with van der Waals surface area (Å²) in [5.41, 5.74) is 1.29. The first-order valence-electron chi connectivity index (χ1n) is 6.58. The summed E-state index contributed by atoms with van der Waals surface area (Å²) in [6.07, 6.45) is 1.83. The second-order valence-corrected chi connectivity index (χ2v) is 4.71. The maximum atomic E-state index is 11.5. The van der Waals surface area contributed by atoms with Crippen molar-refractivity contribution in [3.8, 4) is 11.5 Å². The second-order valence-electron chi connectivity index (χ2n) is 4.71. The maximum absolute atomic E-state index is 11.5. The molecular weight excluding hydrogens is 266 g/mol. The Morgan fingerprint density at radius 3 is 2.43 bits per heavy atom. The third-order valence-corrected chi connectivity index (χ3v) is 3.07. The molecule has 4 heteroatoms. The Labute approximate surface area is 122 Å². The largest absolute Gasteiger partial charge is 0.457 e. The normalized spacial score (nSPS) is 16.1. The molecule has 0 spiro atoms. The van der Waals surface area contributed by atoms with Gasteiger partial charge in [0.2, 0.25) is 5.91 Å². The van der Waals surface area contributed by atoms with Crippen LogP contribution in [-0.4, -0.2) is 11.8 Å². The monoisotopic (exact) mass is 279 g/mol. The number of hydrogen-bond donors (Lipinski definition) is 1. The summed E-state index contributed by atoms with van der Waals surface area (Å²) in [7, 11) is 0. The zero-order valence-corrected chi connectivity index (χ0v) is 11.2. The fourth-order valence-electron chi connectivity index (χ4n) is 2.11. The Morgan fingerprint density at radius 2 is 1.71 bits per heavy atom. The minimum atomic E-state index is -0.325. The average molecular weight is 279 g/mol. The number of amides is 2. The summed E-state index contributed by atoms with van der Waals surface area (Å²) >= 11 is 0. The highest BCUT2D eigenvalue weighted by molar-refractivity contribution is 6.15. The average Bonchev–Trinajstić information content (AvgIpc) is 2.78. The molecule has 0 aliphatic carbocycles. The smallest absolute Gasteiger partial charge is 0.254 e.